The molecule has 0 aliphatic rings. The lowest BCUT2D eigenvalue weighted by atomic mass is 9.86. The van der Waals surface area contributed by atoms with Crippen LogP contribution < -0.4 is 0 Å². The fourth-order valence-electron chi connectivity index (χ4n) is 7.81. The Morgan fingerprint density at radius 1 is 0.339 bits per heavy atom. The quantitative estimate of drug-likeness (QED) is 0.137. The van der Waals surface area contributed by atoms with E-state index in [4.69, 9.17) is 0 Å². The molecular weight excluding hydrogens is 709 g/mol. The molecule has 0 saturated carbocycles. The molecule has 0 aliphatic carbocycles. The van der Waals surface area contributed by atoms with E-state index in [0.29, 0.717) is 5.92 Å². The standard InChI is InChI=1S/C23H24.C22H22.C14H14/c1-4-17(2)19-12-7-8-14-21(19)23-16-10-9-15-22(23)20-13-6-5-11-18(20)3;1-3-10-18-12-5-7-14-20(18)22-16-9-8-15-21(22)19-13-6-4-11-17(19)2;1-11-3-7-13(8-4-11)14-9-5-12(2)6-10-14/h5-17H,4H2,1-3H3;4-9,11-16H,3,10H2,1-2H3;3-10H,1-2H3. The van der Waals surface area contributed by atoms with Crippen molar-refractivity contribution in [3.8, 4) is 55.6 Å². The predicted molar refractivity (Wildman–Crippen MR) is 258 cm³/mol. The molecule has 0 N–H and O–H groups in total. The SMILES string of the molecule is CCC(C)c1ccccc1-c1ccccc1-c1ccccc1C.CCCc1ccccc1-c1ccccc1-c1ccccc1C.Cc1ccc(-c2ccc(C)cc2)cc1. The lowest BCUT2D eigenvalue weighted by Crippen LogP contribution is -1.96. The van der Waals surface area contributed by atoms with Crippen molar-refractivity contribution in [3.63, 3.8) is 0 Å². The van der Waals surface area contributed by atoms with Crippen LogP contribution in [0.25, 0.3) is 55.6 Å². The first kappa shape index (κ1) is 42.4. The summed E-state index contributed by atoms with van der Waals surface area (Å²) in [5.74, 6) is 0.566. The van der Waals surface area contributed by atoms with Crippen molar-refractivity contribution < 1.29 is 0 Å². The molecule has 0 bridgehead atoms. The summed E-state index contributed by atoms with van der Waals surface area (Å²) in [4.78, 5) is 0. The van der Waals surface area contributed by atoms with Crippen molar-refractivity contribution >= 4 is 0 Å². The van der Waals surface area contributed by atoms with Crippen molar-refractivity contribution in [3.05, 3.63) is 228 Å². The van der Waals surface area contributed by atoms with Gasteiger partial charge in [-0.2, -0.15) is 0 Å². The lowest BCUT2D eigenvalue weighted by molar-refractivity contribution is 0.735. The second-order valence-corrected chi connectivity index (χ2v) is 15.8. The zero-order valence-corrected chi connectivity index (χ0v) is 36.2. The molecule has 0 saturated heterocycles. The van der Waals surface area contributed by atoms with Gasteiger partial charge in [-0.25, -0.2) is 0 Å². The predicted octanol–water partition coefficient (Wildman–Crippen LogP) is 17.1. The molecule has 0 radical (unpaired) electrons. The van der Waals surface area contributed by atoms with Gasteiger partial charge in [-0.05, 0) is 124 Å². The van der Waals surface area contributed by atoms with Crippen molar-refractivity contribution in [2.45, 2.75) is 73.6 Å². The van der Waals surface area contributed by atoms with Gasteiger partial charge >= 0.3 is 0 Å². The van der Waals surface area contributed by atoms with E-state index in [2.05, 4.69) is 243 Å². The second-order valence-electron chi connectivity index (χ2n) is 15.8. The molecule has 0 aromatic heterocycles. The Morgan fingerprint density at radius 3 is 1.10 bits per heavy atom. The highest BCUT2D eigenvalue weighted by atomic mass is 14.2. The Bertz CT molecular complexity index is 2490. The van der Waals surface area contributed by atoms with Crippen LogP contribution in [0.4, 0.5) is 0 Å². The first-order valence-electron chi connectivity index (χ1n) is 21.4. The van der Waals surface area contributed by atoms with Crippen molar-refractivity contribution in [2.75, 3.05) is 0 Å². The first-order valence-corrected chi connectivity index (χ1v) is 21.4. The molecule has 1 atom stereocenters. The minimum atomic E-state index is 0.566. The monoisotopic (exact) mass is 768 g/mol. The summed E-state index contributed by atoms with van der Waals surface area (Å²) in [6.45, 7) is 15.4. The van der Waals surface area contributed by atoms with E-state index in [1.165, 1.54) is 95.4 Å². The molecule has 0 fully saturated rings. The van der Waals surface area contributed by atoms with Crippen LogP contribution in [0.15, 0.2) is 194 Å². The zero-order valence-electron chi connectivity index (χ0n) is 36.2. The molecule has 8 aromatic carbocycles. The van der Waals surface area contributed by atoms with E-state index in [-0.39, 0.29) is 0 Å². The normalized spacial score (nSPS) is 11.1. The minimum Gasteiger partial charge on any atom is -0.0651 e. The van der Waals surface area contributed by atoms with Crippen LogP contribution in [0.2, 0.25) is 0 Å². The molecular formula is C59H60. The molecule has 8 aromatic rings. The summed E-state index contributed by atoms with van der Waals surface area (Å²) in [5.41, 5.74) is 21.4. The van der Waals surface area contributed by atoms with E-state index < -0.39 is 0 Å². The van der Waals surface area contributed by atoms with Crippen LogP contribution >= 0.6 is 0 Å². The van der Waals surface area contributed by atoms with Crippen molar-refractivity contribution in [1.29, 1.82) is 0 Å². The fraction of sp³-hybridized carbons (Fsp3) is 0.186. The molecule has 0 amide bonds. The Balaban J connectivity index is 0.000000153. The smallest absolute Gasteiger partial charge is 0.0102 e. The second kappa shape index (κ2) is 21.0. The van der Waals surface area contributed by atoms with Gasteiger partial charge in [0.05, 0.1) is 0 Å². The van der Waals surface area contributed by atoms with Crippen LogP contribution in [-0.4, -0.2) is 0 Å². The molecule has 8 rings (SSSR count). The third-order valence-electron chi connectivity index (χ3n) is 11.4. The van der Waals surface area contributed by atoms with E-state index in [9.17, 15) is 0 Å². The molecule has 0 spiro atoms. The Hall–Kier alpha value is -6.24. The third kappa shape index (κ3) is 10.8. The van der Waals surface area contributed by atoms with E-state index >= 15 is 0 Å². The van der Waals surface area contributed by atoms with Crippen molar-refractivity contribution in [2.24, 2.45) is 0 Å². The molecule has 0 heteroatoms. The van der Waals surface area contributed by atoms with Gasteiger partial charge in [0, 0.05) is 0 Å². The summed E-state index contributed by atoms with van der Waals surface area (Å²) in [7, 11) is 0. The summed E-state index contributed by atoms with van der Waals surface area (Å²) < 4.78 is 0. The summed E-state index contributed by atoms with van der Waals surface area (Å²) >= 11 is 0. The van der Waals surface area contributed by atoms with Gasteiger partial charge < -0.3 is 0 Å². The topological polar surface area (TPSA) is 0 Å². The summed E-state index contributed by atoms with van der Waals surface area (Å²) in [6.07, 6.45) is 3.45. The highest BCUT2D eigenvalue weighted by Gasteiger charge is 2.15. The van der Waals surface area contributed by atoms with Crippen LogP contribution in [0.1, 0.15) is 72.9 Å². The van der Waals surface area contributed by atoms with Crippen LogP contribution in [0.5, 0.6) is 0 Å². The Labute approximate surface area is 355 Å². The number of aryl methyl sites for hydroxylation is 5. The summed E-state index contributed by atoms with van der Waals surface area (Å²) in [5, 5.41) is 0. The molecule has 1 unspecified atom stereocenters. The highest BCUT2D eigenvalue weighted by Crippen LogP contribution is 2.39. The third-order valence-corrected chi connectivity index (χ3v) is 11.4. The average molecular weight is 769 g/mol. The molecule has 59 heavy (non-hydrogen) atoms. The largest absolute Gasteiger partial charge is 0.0651 e. The van der Waals surface area contributed by atoms with Crippen LogP contribution in [0, 0.1) is 27.7 Å². The summed E-state index contributed by atoms with van der Waals surface area (Å²) in [6, 6.07) is 69.7. The number of benzene rings is 8. The van der Waals surface area contributed by atoms with Crippen LogP contribution in [-0.2, 0) is 6.42 Å². The number of hydrogen-bond acceptors (Lipinski definition) is 0. The number of rotatable bonds is 9. The van der Waals surface area contributed by atoms with Crippen LogP contribution in [0.3, 0.4) is 0 Å². The maximum atomic E-state index is 2.31. The molecule has 0 aliphatic heterocycles. The maximum absolute atomic E-state index is 2.31. The van der Waals surface area contributed by atoms with E-state index in [1.807, 2.05) is 0 Å². The van der Waals surface area contributed by atoms with Gasteiger partial charge in [0.25, 0.3) is 0 Å². The molecule has 296 valence electrons. The number of hydrogen-bond donors (Lipinski definition) is 0. The first-order chi connectivity index (χ1) is 28.8. The van der Waals surface area contributed by atoms with Gasteiger partial charge in [-0.15, -0.1) is 0 Å². The minimum absolute atomic E-state index is 0.566. The van der Waals surface area contributed by atoms with E-state index in [1.54, 1.807) is 0 Å². The van der Waals surface area contributed by atoms with Gasteiger partial charge in [0.15, 0.2) is 0 Å². The van der Waals surface area contributed by atoms with Crippen molar-refractivity contribution in [1.82, 2.24) is 0 Å². The zero-order chi connectivity index (χ0) is 41.6. The molecule has 0 nitrogen and oxygen atoms in total. The van der Waals surface area contributed by atoms with Gasteiger partial charge in [-0.3, -0.25) is 0 Å². The Kier molecular flexibility index (Phi) is 15.1. The molecule has 0 heterocycles. The lowest BCUT2D eigenvalue weighted by Gasteiger charge is -2.18. The van der Waals surface area contributed by atoms with E-state index in [0.717, 1.165) is 12.8 Å². The van der Waals surface area contributed by atoms with Gasteiger partial charge in [-0.1, -0.05) is 232 Å². The average Bonchev–Trinajstić information content (AvgIpc) is 3.28. The fourth-order valence-corrected chi connectivity index (χ4v) is 7.81. The van der Waals surface area contributed by atoms with Gasteiger partial charge in [0.1, 0.15) is 0 Å². The maximum Gasteiger partial charge on any atom is -0.0102 e. The highest BCUT2D eigenvalue weighted by molar-refractivity contribution is 5.87. The Morgan fingerprint density at radius 2 is 0.678 bits per heavy atom. The van der Waals surface area contributed by atoms with Gasteiger partial charge in [0.2, 0.25) is 0 Å².